The van der Waals surface area contributed by atoms with E-state index in [4.69, 9.17) is 4.74 Å². The first kappa shape index (κ1) is 23.8. The summed E-state index contributed by atoms with van der Waals surface area (Å²) in [4.78, 5) is 14.5. The molecule has 1 saturated carbocycles. The first-order chi connectivity index (χ1) is 14.5. The van der Waals surface area contributed by atoms with E-state index in [0.29, 0.717) is 5.92 Å². The van der Waals surface area contributed by atoms with E-state index in [9.17, 15) is 4.79 Å². The maximum Gasteiger partial charge on any atom is 0.315 e. The van der Waals surface area contributed by atoms with Crippen molar-refractivity contribution in [3.8, 4) is 0 Å². The van der Waals surface area contributed by atoms with E-state index in [2.05, 4.69) is 33.0 Å². The predicted molar refractivity (Wildman–Crippen MR) is 122 cm³/mol. The molecule has 0 aromatic heterocycles. The molecule has 1 heterocycles. The summed E-state index contributed by atoms with van der Waals surface area (Å²) in [6.07, 6.45) is 12.7. The molecule has 3 N–H and O–H groups in total. The highest BCUT2D eigenvalue weighted by molar-refractivity contribution is 5.75. The molecule has 0 aromatic rings. The molecule has 30 heavy (non-hydrogen) atoms. The Bertz CT molecular complexity index is 594. The van der Waals surface area contributed by atoms with Crippen molar-refractivity contribution in [2.75, 3.05) is 32.7 Å². The van der Waals surface area contributed by atoms with Gasteiger partial charge in [0.1, 0.15) is 12.0 Å². The summed E-state index contributed by atoms with van der Waals surface area (Å²) in [5, 5.41) is 2.40. The third-order valence-electron chi connectivity index (χ3n) is 8.31. The first-order valence-electron chi connectivity index (χ1n) is 13.0. The molecule has 3 rings (SSSR count). The van der Waals surface area contributed by atoms with Gasteiger partial charge in [-0.15, -0.1) is 0 Å². The molecule has 0 amide bonds. The van der Waals surface area contributed by atoms with Crippen LogP contribution < -0.4 is 10.2 Å². The molecule has 2 aliphatic carbocycles. The predicted octanol–water partition coefficient (Wildman–Crippen LogP) is 2.88. The Morgan fingerprint density at radius 1 is 1.13 bits per heavy atom. The highest BCUT2D eigenvalue weighted by Gasteiger charge is 2.53. The van der Waals surface area contributed by atoms with Crippen LogP contribution in [0.25, 0.3) is 0 Å². The van der Waals surface area contributed by atoms with Crippen LogP contribution >= 0.6 is 0 Å². The number of quaternary nitrogens is 2. The fourth-order valence-corrected chi connectivity index (χ4v) is 6.40. The second kappa shape index (κ2) is 11.1. The van der Waals surface area contributed by atoms with Crippen molar-refractivity contribution >= 4 is 5.97 Å². The minimum Gasteiger partial charge on any atom is -0.462 e. The topological polar surface area (TPSA) is 47.4 Å². The summed E-state index contributed by atoms with van der Waals surface area (Å²) in [7, 11) is 0. The van der Waals surface area contributed by atoms with Crippen molar-refractivity contribution in [3.05, 3.63) is 11.1 Å². The minimum atomic E-state index is 0.0832. The van der Waals surface area contributed by atoms with E-state index in [1.807, 2.05) is 0 Å². The smallest absolute Gasteiger partial charge is 0.315 e. The number of unbranched alkanes of at least 4 members (excludes halogenated alkanes) is 2. The van der Waals surface area contributed by atoms with E-state index < -0.39 is 0 Å². The Balaban J connectivity index is 1.46. The van der Waals surface area contributed by atoms with Crippen LogP contribution in [0.1, 0.15) is 91.9 Å². The van der Waals surface area contributed by atoms with E-state index in [1.54, 1.807) is 16.0 Å². The lowest BCUT2D eigenvalue weighted by Gasteiger charge is -2.45. The number of hydrogen-bond donors (Lipinski definition) is 2. The third kappa shape index (κ3) is 5.68. The van der Waals surface area contributed by atoms with Gasteiger partial charge in [0.05, 0.1) is 32.7 Å². The van der Waals surface area contributed by atoms with Gasteiger partial charge in [0.25, 0.3) is 0 Å². The fourth-order valence-electron chi connectivity index (χ4n) is 6.40. The van der Waals surface area contributed by atoms with Crippen LogP contribution in [0.4, 0.5) is 0 Å². The average Bonchev–Trinajstić information content (AvgIpc) is 3.01. The Labute approximate surface area is 185 Å². The van der Waals surface area contributed by atoms with Crippen molar-refractivity contribution < 1.29 is 19.7 Å². The molecule has 4 nitrogen and oxygen atoms in total. The van der Waals surface area contributed by atoms with E-state index in [0.717, 1.165) is 25.9 Å². The molecule has 0 spiro atoms. The monoisotopic (exact) mass is 420 g/mol. The molecule has 0 aromatic carbocycles. The van der Waals surface area contributed by atoms with Crippen LogP contribution in [-0.4, -0.2) is 44.8 Å². The van der Waals surface area contributed by atoms with Crippen LogP contribution in [0.15, 0.2) is 11.1 Å². The second-order valence-electron chi connectivity index (χ2n) is 10.7. The van der Waals surface area contributed by atoms with E-state index in [1.165, 1.54) is 71.0 Å². The number of esters is 1. The largest absolute Gasteiger partial charge is 0.462 e. The number of allylic oxidation sites excluding steroid dienone is 2. The lowest BCUT2D eigenvalue weighted by molar-refractivity contribution is -0.902. The number of nitrogens with two attached hydrogens (primary N) is 1. The molecule has 3 aliphatic rings. The molecular weight excluding hydrogens is 372 g/mol. The lowest BCUT2D eigenvalue weighted by Crippen LogP contribution is -3.12. The number of carbonyl (C=O) groups excluding carboxylic acids is 1. The molecule has 0 unspecified atom stereocenters. The van der Waals surface area contributed by atoms with Gasteiger partial charge < -0.3 is 15.0 Å². The van der Waals surface area contributed by atoms with E-state index in [-0.39, 0.29) is 23.4 Å². The second-order valence-corrected chi connectivity index (χ2v) is 10.7. The van der Waals surface area contributed by atoms with Crippen LogP contribution in [0.2, 0.25) is 0 Å². The van der Waals surface area contributed by atoms with Crippen molar-refractivity contribution in [1.82, 2.24) is 0 Å². The molecule has 0 radical (unpaired) electrons. The number of carbonyl (C=O) groups is 1. The molecule has 0 bridgehead atoms. The Hall–Kier alpha value is -0.870. The van der Waals surface area contributed by atoms with Gasteiger partial charge in [-0.25, -0.2) is 0 Å². The zero-order valence-electron chi connectivity index (χ0n) is 20.2. The SMILES string of the molecule is CCCC[NH+](CCCC)CCC[NH2+]C[C@H]1C(=O)O[C@H]2C[C@@]3(C)CCCC(C)=C3C[C@@H]21. The normalized spacial score (nSPS) is 31.1. The average molecular weight is 421 g/mol. The molecule has 2 fully saturated rings. The minimum absolute atomic E-state index is 0.0832. The molecule has 4 heteroatoms. The maximum absolute atomic E-state index is 12.7. The van der Waals surface area contributed by atoms with E-state index >= 15 is 0 Å². The Morgan fingerprint density at radius 3 is 2.53 bits per heavy atom. The van der Waals surface area contributed by atoms with Gasteiger partial charge >= 0.3 is 5.97 Å². The Morgan fingerprint density at radius 2 is 1.83 bits per heavy atom. The van der Waals surface area contributed by atoms with Crippen molar-refractivity contribution in [2.24, 2.45) is 17.3 Å². The molecule has 4 atom stereocenters. The van der Waals surface area contributed by atoms with Crippen molar-refractivity contribution in [3.63, 3.8) is 0 Å². The van der Waals surface area contributed by atoms with Gasteiger partial charge in [-0.3, -0.25) is 4.79 Å². The zero-order chi connectivity index (χ0) is 21.6. The van der Waals surface area contributed by atoms with Crippen LogP contribution in [0.3, 0.4) is 0 Å². The van der Waals surface area contributed by atoms with Gasteiger partial charge in [0.15, 0.2) is 0 Å². The Kier molecular flexibility index (Phi) is 8.82. The van der Waals surface area contributed by atoms with Gasteiger partial charge in [-0.2, -0.15) is 0 Å². The van der Waals surface area contributed by atoms with Crippen LogP contribution in [0, 0.1) is 17.3 Å². The van der Waals surface area contributed by atoms with Crippen LogP contribution in [-0.2, 0) is 9.53 Å². The van der Waals surface area contributed by atoms with Crippen molar-refractivity contribution in [2.45, 2.75) is 98.0 Å². The molecular formula is C26H48N2O2+2. The van der Waals surface area contributed by atoms with Crippen LogP contribution in [0.5, 0.6) is 0 Å². The number of ether oxygens (including phenoxy) is 1. The first-order valence-corrected chi connectivity index (χ1v) is 13.0. The summed E-state index contributed by atoms with van der Waals surface area (Å²) in [5.41, 5.74) is 3.56. The van der Waals surface area contributed by atoms with Gasteiger partial charge in [-0.1, -0.05) is 44.8 Å². The van der Waals surface area contributed by atoms with Gasteiger partial charge in [0, 0.05) is 12.3 Å². The quantitative estimate of drug-likeness (QED) is 0.290. The molecule has 1 aliphatic heterocycles. The number of rotatable bonds is 12. The highest BCUT2D eigenvalue weighted by atomic mass is 16.6. The summed E-state index contributed by atoms with van der Waals surface area (Å²) < 4.78 is 5.93. The highest BCUT2D eigenvalue weighted by Crippen LogP contribution is 2.54. The summed E-state index contributed by atoms with van der Waals surface area (Å²) in [5.74, 6) is 0.603. The number of fused-ring (bicyclic) bond motifs is 2. The summed E-state index contributed by atoms with van der Waals surface area (Å²) in [6.45, 7) is 15.3. The number of hydrogen-bond acceptors (Lipinski definition) is 2. The van der Waals surface area contributed by atoms with Gasteiger partial charge in [0.2, 0.25) is 0 Å². The molecule has 1 saturated heterocycles. The van der Waals surface area contributed by atoms with Crippen molar-refractivity contribution in [1.29, 1.82) is 0 Å². The lowest BCUT2D eigenvalue weighted by atomic mass is 9.59. The van der Waals surface area contributed by atoms with Gasteiger partial charge in [-0.05, 0) is 57.3 Å². The maximum atomic E-state index is 12.7. The fraction of sp³-hybridized carbons (Fsp3) is 0.885. The summed E-state index contributed by atoms with van der Waals surface area (Å²) in [6, 6.07) is 0. The zero-order valence-corrected chi connectivity index (χ0v) is 20.2. The third-order valence-corrected chi connectivity index (χ3v) is 8.31. The molecule has 172 valence electrons. The number of nitrogens with one attached hydrogen (secondary N) is 1. The summed E-state index contributed by atoms with van der Waals surface area (Å²) >= 11 is 0. The standard InChI is InChI=1S/C26H46N2O2/c1-5-7-14-28(15-8-6-2)16-10-13-27-19-22-21-17-23-20(3)11-9-12-26(23,4)18-24(21)30-25(22)29/h21-22,24,27H,5-19H2,1-4H3/p+2/t21-,22-,24+,26-/m1/s1.